The van der Waals surface area contributed by atoms with Gasteiger partial charge in [-0.3, -0.25) is 19.2 Å². The molecule has 2 saturated carbocycles. The highest BCUT2D eigenvalue weighted by atomic mass is 16.6. The van der Waals surface area contributed by atoms with Gasteiger partial charge in [-0.15, -0.1) is 0 Å². The molecule has 0 aliphatic heterocycles. The van der Waals surface area contributed by atoms with Gasteiger partial charge in [0.25, 0.3) is 0 Å². The molecule has 6 nitrogen and oxygen atoms in total. The number of hydrogen-bond donors (Lipinski definition) is 2. The fraction of sp³-hybridized carbons (Fsp3) is 0.750. The Morgan fingerprint density at radius 1 is 1.17 bits per heavy atom. The lowest BCUT2D eigenvalue weighted by Crippen LogP contribution is -2.45. The molecule has 2 aliphatic rings. The minimum absolute atomic E-state index is 0.0149. The third-order valence-electron chi connectivity index (χ3n) is 3.31. The van der Waals surface area contributed by atoms with Crippen LogP contribution >= 0.6 is 0 Å². The number of nitrogens with two attached hydrogens (primary N) is 1. The number of hydrogen-bond acceptors (Lipinski definition) is 5. The number of rotatable bonds is 8. The van der Waals surface area contributed by atoms with Gasteiger partial charge in [0.15, 0.2) is 5.78 Å². The van der Waals surface area contributed by atoms with Crippen molar-refractivity contribution in [3.05, 3.63) is 0 Å². The predicted molar refractivity (Wildman–Crippen MR) is 62.1 cm³/mol. The monoisotopic (exact) mass is 254 g/mol. The van der Waals surface area contributed by atoms with Crippen molar-refractivity contribution in [3.8, 4) is 0 Å². The first-order chi connectivity index (χ1) is 8.61. The van der Waals surface area contributed by atoms with E-state index in [9.17, 15) is 14.4 Å². The van der Waals surface area contributed by atoms with Crippen molar-refractivity contribution in [2.45, 2.75) is 38.1 Å². The summed E-state index contributed by atoms with van der Waals surface area (Å²) in [5, 5.41) is 2.54. The maximum atomic E-state index is 12.0. The number of ketones is 2. The summed E-state index contributed by atoms with van der Waals surface area (Å²) >= 11 is 0. The van der Waals surface area contributed by atoms with Gasteiger partial charge in [-0.25, -0.2) is 5.90 Å². The molecular weight excluding hydrogens is 236 g/mol. The van der Waals surface area contributed by atoms with E-state index in [1.807, 2.05) is 0 Å². The first kappa shape index (κ1) is 13.2. The molecule has 0 aromatic heterocycles. The predicted octanol–water partition coefficient (Wildman–Crippen LogP) is -0.290. The lowest BCUT2D eigenvalue weighted by molar-refractivity contribution is -0.133. The summed E-state index contributed by atoms with van der Waals surface area (Å²) in [5.74, 6) is 4.50. The summed E-state index contributed by atoms with van der Waals surface area (Å²) in [6.45, 7) is -0.300. The lowest BCUT2D eigenvalue weighted by atomic mass is 10.0. The second-order valence-corrected chi connectivity index (χ2v) is 5.05. The summed E-state index contributed by atoms with van der Waals surface area (Å²) in [6.07, 6.45) is 3.63. The minimum Gasteiger partial charge on any atom is -0.344 e. The quantitative estimate of drug-likeness (QED) is 0.580. The van der Waals surface area contributed by atoms with E-state index >= 15 is 0 Å². The van der Waals surface area contributed by atoms with Crippen LogP contribution in [-0.2, 0) is 19.2 Å². The van der Waals surface area contributed by atoms with Crippen molar-refractivity contribution in [3.63, 3.8) is 0 Å². The van der Waals surface area contributed by atoms with E-state index in [0.29, 0.717) is 0 Å². The van der Waals surface area contributed by atoms with Crippen LogP contribution in [0, 0.1) is 11.8 Å². The number of nitrogens with one attached hydrogen (secondary N) is 1. The van der Waals surface area contributed by atoms with Crippen molar-refractivity contribution < 1.29 is 19.2 Å². The Hall–Kier alpha value is -1.27. The number of carbonyl (C=O) groups is 3. The van der Waals surface area contributed by atoms with Crippen LogP contribution < -0.4 is 11.2 Å². The number of carbonyl (C=O) groups excluding carboxylic acids is 3. The zero-order valence-corrected chi connectivity index (χ0v) is 10.2. The molecule has 0 saturated heterocycles. The highest BCUT2D eigenvalue weighted by molar-refractivity contribution is 5.96. The molecule has 0 radical (unpaired) electrons. The van der Waals surface area contributed by atoms with Crippen LogP contribution in [0.2, 0.25) is 0 Å². The van der Waals surface area contributed by atoms with Crippen LogP contribution in [0.15, 0.2) is 0 Å². The summed E-state index contributed by atoms with van der Waals surface area (Å²) < 4.78 is 0. The Labute approximate surface area is 105 Å². The molecule has 0 aromatic rings. The average Bonchev–Trinajstić information content (AvgIpc) is 3.19. The normalized spacial score (nSPS) is 20.3. The molecule has 1 amide bonds. The third-order valence-corrected chi connectivity index (χ3v) is 3.31. The Kier molecular flexibility index (Phi) is 4.08. The molecule has 3 N–H and O–H groups in total. The van der Waals surface area contributed by atoms with Gasteiger partial charge in [-0.05, 0) is 25.7 Å². The average molecular weight is 254 g/mol. The van der Waals surface area contributed by atoms with Crippen molar-refractivity contribution >= 4 is 17.5 Å². The summed E-state index contributed by atoms with van der Waals surface area (Å²) in [6, 6.07) is -0.701. The van der Waals surface area contributed by atoms with Gasteiger partial charge in [0.1, 0.15) is 12.4 Å². The van der Waals surface area contributed by atoms with Gasteiger partial charge < -0.3 is 5.32 Å². The largest absolute Gasteiger partial charge is 0.344 e. The maximum absolute atomic E-state index is 12.0. The standard InChI is InChI=1S/C12H18N2O4/c13-18-6-11(16)14-9(12(17)8-3-4-8)5-10(15)7-1-2-7/h7-9H,1-6,13H2,(H,14,16)/t9-/m0/s1. The minimum atomic E-state index is -0.701. The second-order valence-electron chi connectivity index (χ2n) is 5.05. The molecule has 0 heterocycles. The lowest BCUT2D eigenvalue weighted by Gasteiger charge is -2.16. The third kappa shape index (κ3) is 3.61. The van der Waals surface area contributed by atoms with E-state index in [2.05, 4.69) is 10.2 Å². The van der Waals surface area contributed by atoms with E-state index < -0.39 is 11.9 Å². The summed E-state index contributed by atoms with van der Waals surface area (Å²) in [5.41, 5.74) is 0. The maximum Gasteiger partial charge on any atom is 0.248 e. The molecule has 100 valence electrons. The SMILES string of the molecule is NOCC(=O)N[C@@H](CC(=O)C1CC1)C(=O)C1CC1. The van der Waals surface area contributed by atoms with E-state index in [1.54, 1.807) is 0 Å². The smallest absolute Gasteiger partial charge is 0.248 e. The molecule has 6 heteroatoms. The highest BCUT2D eigenvalue weighted by Gasteiger charge is 2.38. The van der Waals surface area contributed by atoms with Crippen LogP contribution in [0.4, 0.5) is 0 Å². The molecule has 2 rings (SSSR count). The van der Waals surface area contributed by atoms with E-state index in [-0.39, 0.29) is 36.4 Å². The van der Waals surface area contributed by atoms with Gasteiger partial charge in [-0.2, -0.15) is 0 Å². The fourth-order valence-electron chi connectivity index (χ4n) is 1.96. The molecule has 2 fully saturated rings. The fourth-order valence-corrected chi connectivity index (χ4v) is 1.96. The van der Waals surface area contributed by atoms with Crippen molar-refractivity contribution in [1.82, 2.24) is 5.32 Å². The first-order valence-corrected chi connectivity index (χ1v) is 6.29. The summed E-state index contributed by atoms with van der Waals surface area (Å²) in [4.78, 5) is 39.3. The topological polar surface area (TPSA) is 98.5 Å². The van der Waals surface area contributed by atoms with Crippen LogP contribution in [0.5, 0.6) is 0 Å². The van der Waals surface area contributed by atoms with Gasteiger partial charge in [0, 0.05) is 18.3 Å². The number of Topliss-reactive ketones (excluding diaryl/α,β-unsaturated/α-hetero) is 2. The summed E-state index contributed by atoms with van der Waals surface area (Å²) in [7, 11) is 0. The van der Waals surface area contributed by atoms with Gasteiger partial charge in [0.2, 0.25) is 5.91 Å². The van der Waals surface area contributed by atoms with Crippen LogP contribution in [-0.4, -0.2) is 30.1 Å². The Morgan fingerprint density at radius 3 is 2.28 bits per heavy atom. The zero-order valence-electron chi connectivity index (χ0n) is 10.2. The molecule has 0 aromatic carbocycles. The molecule has 18 heavy (non-hydrogen) atoms. The first-order valence-electron chi connectivity index (χ1n) is 6.29. The number of amides is 1. The Balaban J connectivity index is 1.90. The molecule has 0 unspecified atom stereocenters. The van der Waals surface area contributed by atoms with Crippen LogP contribution in [0.25, 0.3) is 0 Å². The molecular formula is C12H18N2O4. The van der Waals surface area contributed by atoms with Crippen molar-refractivity contribution in [1.29, 1.82) is 0 Å². The van der Waals surface area contributed by atoms with E-state index in [4.69, 9.17) is 5.90 Å². The Bertz CT molecular complexity index is 361. The van der Waals surface area contributed by atoms with Gasteiger partial charge in [0.05, 0.1) is 6.04 Å². The molecule has 1 atom stereocenters. The van der Waals surface area contributed by atoms with Gasteiger partial charge in [-0.1, -0.05) is 0 Å². The highest BCUT2D eigenvalue weighted by Crippen LogP contribution is 2.34. The van der Waals surface area contributed by atoms with E-state index in [0.717, 1.165) is 25.7 Å². The second kappa shape index (κ2) is 5.58. The van der Waals surface area contributed by atoms with Crippen molar-refractivity contribution in [2.75, 3.05) is 6.61 Å². The Morgan fingerprint density at radius 2 is 1.78 bits per heavy atom. The van der Waals surface area contributed by atoms with Gasteiger partial charge >= 0.3 is 0 Å². The molecule has 0 spiro atoms. The molecule has 2 aliphatic carbocycles. The van der Waals surface area contributed by atoms with E-state index in [1.165, 1.54) is 0 Å². The van der Waals surface area contributed by atoms with Crippen molar-refractivity contribution in [2.24, 2.45) is 17.7 Å². The van der Waals surface area contributed by atoms with Crippen LogP contribution in [0.3, 0.4) is 0 Å². The van der Waals surface area contributed by atoms with Crippen LogP contribution in [0.1, 0.15) is 32.1 Å². The zero-order chi connectivity index (χ0) is 13.1. The molecule has 0 bridgehead atoms.